The van der Waals surface area contributed by atoms with Gasteiger partial charge < -0.3 is 11.5 Å². The van der Waals surface area contributed by atoms with E-state index >= 15 is 0 Å². The predicted molar refractivity (Wildman–Crippen MR) is 64.5 cm³/mol. The fourth-order valence-electron chi connectivity index (χ4n) is 2.25. The quantitative estimate of drug-likeness (QED) is 0.312. The molecule has 1 aliphatic carbocycles. The summed E-state index contributed by atoms with van der Waals surface area (Å²) in [4.78, 5) is 0. The maximum atomic E-state index is 5.20. The van der Waals surface area contributed by atoms with Crippen molar-refractivity contribution in [1.82, 2.24) is 0 Å². The van der Waals surface area contributed by atoms with Crippen molar-refractivity contribution in [3.63, 3.8) is 0 Å². The molecule has 0 heterocycles. The minimum atomic E-state index is 0.00842. The van der Waals surface area contributed by atoms with E-state index in [-0.39, 0.29) is 5.96 Å². The van der Waals surface area contributed by atoms with Gasteiger partial charge in [0.05, 0.1) is 0 Å². The number of rotatable bonds is 2. The van der Waals surface area contributed by atoms with Crippen LogP contribution in [0.2, 0.25) is 0 Å². The molecule has 4 nitrogen and oxygen atoms in total. The number of hydrogen-bond acceptors (Lipinski definition) is 2. The Balaban J connectivity index is 2.70. The Morgan fingerprint density at radius 3 is 2.67 bits per heavy atom. The van der Waals surface area contributed by atoms with E-state index < -0.39 is 0 Å². The molecule has 1 aliphatic rings. The molecule has 3 atom stereocenters. The van der Waals surface area contributed by atoms with E-state index in [1.165, 1.54) is 5.57 Å². The smallest absolute Gasteiger partial charge is 0.211 e. The number of nitrogens with zero attached hydrogens (tertiary/aromatic N) is 2. The van der Waals surface area contributed by atoms with Crippen LogP contribution in [0.25, 0.3) is 0 Å². The monoisotopic (exact) mass is 208 g/mol. The molecule has 84 valence electrons. The number of nitrogens with two attached hydrogens (primary N) is 2. The molecule has 0 aromatic heterocycles. The topological polar surface area (TPSA) is 76.8 Å². The lowest BCUT2D eigenvalue weighted by atomic mass is 9.76. The highest BCUT2D eigenvalue weighted by Gasteiger charge is 2.24. The second-order valence-electron chi connectivity index (χ2n) is 4.42. The van der Waals surface area contributed by atoms with Crippen LogP contribution in [-0.2, 0) is 0 Å². The van der Waals surface area contributed by atoms with Crippen LogP contribution >= 0.6 is 0 Å². The van der Waals surface area contributed by atoms with Gasteiger partial charge in [-0.3, -0.25) is 0 Å². The molecule has 0 bridgehead atoms. The minimum Gasteiger partial charge on any atom is -0.369 e. The van der Waals surface area contributed by atoms with Gasteiger partial charge in [0.1, 0.15) is 0 Å². The minimum absolute atomic E-state index is 0.00842. The van der Waals surface area contributed by atoms with Crippen LogP contribution in [0.4, 0.5) is 0 Å². The summed E-state index contributed by atoms with van der Waals surface area (Å²) in [6.45, 7) is 6.61. The van der Waals surface area contributed by atoms with E-state index in [1.807, 2.05) is 6.21 Å². The van der Waals surface area contributed by atoms with Gasteiger partial charge >= 0.3 is 0 Å². The molecule has 0 amide bonds. The first-order valence-electron chi connectivity index (χ1n) is 5.30. The first-order chi connectivity index (χ1) is 7.00. The molecule has 1 rings (SSSR count). The van der Waals surface area contributed by atoms with Gasteiger partial charge in [-0.25, -0.2) is 0 Å². The first kappa shape index (κ1) is 11.8. The van der Waals surface area contributed by atoms with Gasteiger partial charge in [-0.05, 0) is 25.2 Å². The molecule has 0 saturated heterocycles. The third-order valence-corrected chi connectivity index (χ3v) is 2.87. The maximum Gasteiger partial charge on any atom is 0.211 e. The van der Waals surface area contributed by atoms with E-state index in [4.69, 9.17) is 11.5 Å². The molecule has 0 fully saturated rings. The van der Waals surface area contributed by atoms with Crippen LogP contribution in [0.3, 0.4) is 0 Å². The van der Waals surface area contributed by atoms with Crippen LogP contribution in [0, 0.1) is 17.8 Å². The molecule has 4 heteroatoms. The lowest BCUT2D eigenvalue weighted by Crippen LogP contribution is -2.25. The molecule has 0 radical (unpaired) electrons. The zero-order valence-corrected chi connectivity index (χ0v) is 9.64. The molecule has 0 saturated carbocycles. The number of allylic oxidation sites excluding steroid dienone is 2. The van der Waals surface area contributed by atoms with E-state index in [0.717, 1.165) is 6.42 Å². The highest BCUT2D eigenvalue weighted by atomic mass is 15.3. The Bertz CT molecular complexity index is 300. The first-order valence-corrected chi connectivity index (χ1v) is 5.30. The zero-order chi connectivity index (χ0) is 11.4. The summed E-state index contributed by atoms with van der Waals surface area (Å²) in [5.41, 5.74) is 11.9. The molecular formula is C11H20N4. The standard InChI is InChI=1S/C11H20N4/c1-7-4-8(2)10(9(3)5-7)6-14-15-11(12)13/h4,6,8-10H,5H2,1-3H3,(H4,12,13,15)/b14-6-/t8-,9+,10+/m1/s1. The summed E-state index contributed by atoms with van der Waals surface area (Å²) in [5.74, 6) is 1.54. The van der Waals surface area contributed by atoms with Crippen LogP contribution in [0.15, 0.2) is 21.9 Å². The lowest BCUT2D eigenvalue weighted by Gasteiger charge is -2.29. The Labute approximate surface area is 91.1 Å². The van der Waals surface area contributed by atoms with Crippen LogP contribution in [0.1, 0.15) is 27.2 Å². The third kappa shape index (κ3) is 3.38. The van der Waals surface area contributed by atoms with Crippen molar-refractivity contribution < 1.29 is 0 Å². The van der Waals surface area contributed by atoms with Crippen molar-refractivity contribution in [2.24, 2.45) is 39.4 Å². The van der Waals surface area contributed by atoms with E-state index in [0.29, 0.717) is 17.8 Å². The summed E-state index contributed by atoms with van der Waals surface area (Å²) in [6, 6.07) is 0. The summed E-state index contributed by atoms with van der Waals surface area (Å²) in [6.07, 6.45) is 5.28. The van der Waals surface area contributed by atoms with Crippen molar-refractivity contribution in [2.45, 2.75) is 27.2 Å². The summed E-state index contributed by atoms with van der Waals surface area (Å²) >= 11 is 0. The fraction of sp³-hybridized carbons (Fsp3) is 0.636. The second-order valence-corrected chi connectivity index (χ2v) is 4.42. The van der Waals surface area contributed by atoms with Crippen molar-refractivity contribution in [3.05, 3.63) is 11.6 Å². The lowest BCUT2D eigenvalue weighted by molar-refractivity contribution is 0.362. The van der Waals surface area contributed by atoms with Gasteiger partial charge in [0.25, 0.3) is 0 Å². The SMILES string of the molecule is CC1=C[C@@H](C)[C@H](/C=N\N=C(N)N)[C@@H](C)C1. The van der Waals surface area contributed by atoms with Crippen molar-refractivity contribution in [2.75, 3.05) is 0 Å². The maximum absolute atomic E-state index is 5.20. The van der Waals surface area contributed by atoms with E-state index in [9.17, 15) is 0 Å². The summed E-state index contributed by atoms with van der Waals surface area (Å²) in [7, 11) is 0. The number of guanidine groups is 1. The molecule has 15 heavy (non-hydrogen) atoms. The van der Waals surface area contributed by atoms with Crippen molar-refractivity contribution in [3.8, 4) is 0 Å². The number of hydrogen-bond donors (Lipinski definition) is 2. The highest BCUT2D eigenvalue weighted by Crippen LogP contribution is 2.32. The van der Waals surface area contributed by atoms with E-state index in [1.54, 1.807) is 0 Å². The van der Waals surface area contributed by atoms with Crippen molar-refractivity contribution >= 4 is 12.2 Å². The second kappa shape index (κ2) is 4.96. The molecule has 0 aliphatic heterocycles. The van der Waals surface area contributed by atoms with Gasteiger partial charge in [0.2, 0.25) is 5.96 Å². The fourth-order valence-corrected chi connectivity index (χ4v) is 2.25. The average molecular weight is 208 g/mol. The molecular weight excluding hydrogens is 188 g/mol. The molecule has 0 unspecified atom stereocenters. The van der Waals surface area contributed by atoms with Gasteiger partial charge in [0, 0.05) is 12.1 Å². The molecule has 0 aromatic rings. The van der Waals surface area contributed by atoms with Crippen LogP contribution < -0.4 is 11.5 Å². The zero-order valence-electron chi connectivity index (χ0n) is 9.64. The summed E-state index contributed by atoms with van der Waals surface area (Å²) in [5, 5.41) is 7.53. The van der Waals surface area contributed by atoms with Gasteiger partial charge in [-0.2, -0.15) is 5.10 Å². The average Bonchev–Trinajstić information content (AvgIpc) is 2.08. The van der Waals surface area contributed by atoms with Crippen molar-refractivity contribution in [1.29, 1.82) is 0 Å². The molecule has 0 spiro atoms. The predicted octanol–water partition coefficient (Wildman–Crippen LogP) is 1.48. The Morgan fingerprint density at radius 1 is 1.47 bits per heavy atom. The normalized spacial score (nSPS) is 31.4. The van der Waals surface area contributed by atoms with Gasteiger partial charge in [-0.1, -0.05) is 25.5 Å². The Kier molecular flexibility index (Phi) is 3.88. The molecule has 4 N–H and O–H groups in total. The van der Waals surface area contributed by atoms with Crippen LogP contribution in [0.5, 0.6) is 0 Å². The molecule has 0 aromatic carbocycles. The van der Waals surface area contributed by atoms with Gasteiger partial charge in [0.15, 0.2) is 0 Å². The third-order valence-electron chi connectivity index (χ3n) is 2.87. The Hall–Kier alpha value is -1.32. The Morgan fingerprint density at radius 2 is 2.13 bits per heavy atom. The van der Waals surface area contributed by atoms with Crippen LogP contribution in [-0.4, -0.2) is 12.2 Å². The largest absolute Gasteiger partial charge is 0.369 e. The highest BCUT2D eigenvalue weighted by molar-refractivity contribution is 5.76. The van der Waals surface area contributed by atoms with Gasteiger partial charge in [-0.15, -0.1) is 5.10 Å². The summed E-state index contributed by atoms with van der Waals surface area (Å²) < 4.78 is 0. The van der Waals surface area contributed by atoms with E-state index in [2.05, 4.69) is 37.1 Å².